The molecule has 6 heteroatoms. The van der Waals surface area contributed by atoms with Crippen molar-refractivity contribution >= 4 is 22.5 Å². The van der Waals surface area contributed by atoms with Gasteiger partial charge in [0.2, 0.25) is 0 Å². The van der Waals surface area contributed by atoms with E-state index >= 15 is 0 Å². The lowest BCUT2D eigenvalue weighted by Gasteiger charge is -2.12. The molecule has 0 bridgehead atoms. The van der Waals surface area contributed by atoms with Gasteiger partial charge in [-0.05, 0) is 31.9 Å². The number of hydrogen-bond donors (Lipinski definition) is 1. The lowest BCUT2D eigenvalue weighted by Crippen LogP contribution is -2.24. The third-order valence-electron chi connectivity index (χ3n) is 4.94. The van der Waals surface area contributed by atoms with E-state index in [1.165, 1.54) is 12.8 Å². The van der Waals surface area contributed by atoms with Crippen LogP contribution in [0.4, 0.5) is 11.5 Å². The quantitative estimate of drug-likeness (QED) is 0.803. The molecule has 0 aliphatic heterocycles. The maximum atomic E-state index is 12.7. The van der Waals surface area contributed by atoms with Gasteiger partial charge in [-0.1, -0.05) is 12.8 Å². The first kappa shape index (κ1) is 14.9. The van der Waals surface area contributed by atoms with Crippen LogP contribution in [0.3, 0.4) is 0 Å². The van der Waals surface area contributed by atoms with Crippen LogP contribution in [-0.2, 0) is 7.05 Å². The first-order valence-corrected chi connectivity index (χ1v) is 8.41. The summed E-state index contributed by atoms with van der Waals surface area (Å²) in [7, 11) is 1.82. The molecule has 0 spiro atoms. The van der Waals surface area contributed by atoms with E-state index in [1.54, 1.807) is 17.0 Å². The fourth-order valence-electron chi connectivity index (χ4n) is 3.59. The fraction of sp³-hybridized carbons (Fsp3) is 0.389. The van der Waals surface area contributed by atoms with Crippen LogP contribution in [0.15, 0.2) is 35.4 Å². The first-order chi connectivity index (χ1) is 11.6. The van der Waals surface area contributed by atoms with E-state index in [4.69, 9.17) is 0 Å². The fourth-order valence-corrected chi connectivity index (χ4v) is 3.59. The van der Waals surface area contributed by atoms with Gasteiger partial charge in [0.25, 0.3) is 0 Å². The van der Waals surface area contributed by atoms with Crippen molar-refractivity contribution in [2.24, 2.45) is 7.05 Å². The standard InChI is InChI=1S/C18H21N5O/c1-12-14(8-5-9-19-12)21-17-10-15-16(11-20-17)22(2)18(24)23(15)13-6-3-4-7-13/h5,8-11,13H,3-4,6-7H2,1-2H3,(H,20,21). The monoisotopic (exact) mass is 323 g/mol. The summed E-state index contributed by atoms with van der Waals surface area (Å²) >= 11 is 0. The van der Waals surface area contributed by atoms with Crippen molar-refractivity contribution in [1.29, 1.82) is 0 Å². The lowest BCUT2D eigenvalue weighted by atomic mass is 10.2. The smallest absolute Gasteiger partial charge is 0.329 e. The summed E-state index contributed by atoms with van der Waals surface area (Å²) in [5.41, 5.74) is 3.72. The Morgan fingerprint density at radius 3 is 2.75 bits per heavy atom. The van der Waals surface area contributed by atoms with E-state index in [2.05, 4.69) is 15.3 Å². The minimum atomic E-state index is 0.0495. The molecule has 0 aromatic carbocycles. The van der Waals surface area contributed by atoms with Gasteiger partial charge in [0.05, 0.1) is 28.6 Å². The second-order valence-corrected chi connectivity index (χ2v) is 6.47. The summed E-state index contributed by atoms with van der Waals surface area (Å²) in [6, 6.07) is 6.15. The molecule has 1 aliphatic carbocycles. The summed E-state index contributed by atoms with van der Waals surface area (Å²) in [6.07, 6.45) is 8.08. The van der Waals surface area contributed by atoms with E-state index in [-0.39, 0.29) is 5.69 Å². The highest BCUT2D eigenvalue weighted by Crippen LogP contribution is 2.31. The number of rotatable bonds is 3. The molecule has 0 radical (unpaired) electrons. The number of hydrogen-bond acceptors (Lipinski definition) is 4. The van der Waals surface area contributed by atoms with Crippen LogP contribution < -0.4 is 11.0 Å². The zero-order valence-electron chi connectivity index (χ0n) is 14.0. The van der Waals surface area contributed by atoms with Crippen LogP contribution >= 0.6 is 0 Å². The second-order valence-electron chi connectivity index (χ2n) is 6.47. The van der Waals surface area contributed by atoms with Crippen LogP contribution in [0.2, 0.25) is 0 Å². The predicted octanol–water partition coefficient (Wildman–Crippen LogP) is 3.30. The highest BCUT2D eigenvalue weighted by Gasteiger charge is 2.23. The van der Waals surface area contributed by atoms with Crippen LogP contribution in [0.5, 0.6) is 0 Å². The van der Waals surface area contributed by atoms with Crippen molar-refractivity contribution in [1.82, 2.24) is 19.1 Å². The topological polar surface area (TPSA) is 64.7 Å². The maximum absolute atomic E-state index is 12.7. The molecule has 3 aromatic heterocycles. The van der Waals surface area contributed by atoms with Crippen LogP contribution in [0.1, 0.15) is 37.4 Å². The molecule has 3 heterocycles. The van der Waals surface area contributed by atoms with Crippen molar-refractivity contribution in [3.63, 3.8) is 0 Å². The Bertz CT molecular complexity index is 950. The van der Waals surface area contributed by atoms with Crippen molar-refractivity contribution < 1.29 is 0 Å². The van der Waals surface area contributed by atoms with Crippen molar-refractivity contribution in [2.75, 3.05) is 5.32 Å². The Hall–Kier alpha value is -2.63. The van der Waals surface area contributed by atoms with E-state index in [1.807, 2.05) is 36.7 Å². The van der Waals surface area contributed by atoms with Crippen LogP contribution in [0.25, 0.3) is 11.0 Å². The second kappa shape index (κ2) is 5.78. The van der Waals surface area contributed by atoms with Gasteiger partial charge in [0.1, 0.15) is 5.82 Å². The van der Waals surface area contributed by atoms with E-state index in [9.17, 15) is 4.79 Å². The average molecular weight is 323 g/mol. The van der Waals surface area contributed by atoms with Crippen molar-refractivity contribution in [3.8, 4) is 0 Å². The molecular weight excluding hydrogens is 302 g/mol. The molecule has 4 rings (SSSR count). The minimum Gasteiger partial charge on any atom is -0.339 e. The third kappa shape index (κ3) is 2.38. The summed E-state index contributed by atoms with van der Waals surface area (Å²) in [5, 5.41) is 3.31. The molecule has 1 fully saturated rings. The van der Waals surface area contributed by atoms with Crippen LogP contribution in [0, 0.1) is 6.92 Å². The molecule has 1 N–H and O–H groups in total. The van der Waals surface area contributed by atoms with Gasteiger partial charge >= 0.3 is 5.69 Å². The number of pyridine rings is 2. The van der Waals surface area contributed by atoms with Crippen molar-refractivity contribution in [3.05, 3.63) is 46.8 Å². The van der Waals surface area contributed by atoms with Crippen LogP contribution in [-0.4, -0.2) is 19.1 Å². The molecule has 1 saturated carbocycles. The number of aryl methyl sites for hydroxylation is 2. The number of imidazole rings is 1. The Morgan fingerprint density at radius 2 is 2.00 bits per heavy atom. The molecule has 3 aromatic rings. The average Bonchev–Trinajstić information content (AvgIpc) is 3.18. The van der Waals surface area contributed by atoms with Gasteiger partial charge in [0.15, 0.2) is 0 Å². The van der Waals surface area contributed by atoms with E-state index in [0.717, 1.165) is 41.1 Å². The Kier molecular flexibility index (Phi) is 3.59. The largest absolute Gasteiger partial charge is 0.339 e. The van der Waals surface area contributed by atoms with E-state index in [0.29, 0.717) is 6.04 Å². The molecule has 0 amide bonds. The number of nitrogens with one attached hydrogen (secondary N) is 1. The number of fused-ring (bicyclic) bond motifs is 1. The molecular formula is C18H21N5O. The first-order valence-electron chi connectivity index (χ1n) is 8.41. The highest BCUT2D eigenvalue weighted by atomic mass is 16.1. The molecule has 0 unspecified atom stereocenters. The molecule has 124 valence electrons. The van der Waals surface area contributed by atoms with Gasteiger partial charge in [-0.15, -0.1) is 0 Å². The van der Waals surface area contributed by atoms with Gasteiger partial charge in [-0.25, -0.2) is 9.78 Å². The third-order valence-corrected chi connectivity index (χ3v) is 4.94. The van der Waals surface area contributed by atoms with Gasteiger partial charge < -0.3 is 5.32 Å². The molecule has 0 atom stereocenters. The zero-order valence-corrected chi connectivity index (χ0v) is 14.0. The Balaban J connectivity index is 1.81. The predicted molar refractivity (Wildman–Crippen MR) is 94.7 cm³/mol. The van der Waals surface area contributed by atoms with Gasteiger partial charge in [0, 0.05) is 25.4 Å². The van der Waals surface area contributed by atoms with E-state index < -0.39 is 0 Å². The van der Waals surface area contributed by atoms with Crippen molar-refractivity contribution in [2.45, 2.75) is 38.6 Å². The Morgan fingerprint density at radius 1 is 1.21 bits per heavy atom. The minimum absolute atomic E-state index is 0.0495. The summed E-state index contributed by atoms with van der Waals surface area (Å²) < 4.78 is 3.64. The molecule has 24 heavy (non-hydrogen) atoms. The number of anilines is 2. The summed E-state index contributed by atoms with van der Waals surface area (Å²) in [4.78, 5) is 21.4. The Labute approximate surface area is 140 Å². The molecule has 6 nitrogen and oxygen atoms in total. The maximum Gasteiger partial charge on any atom is 0.329 e. The SMILES string of the molecule is Cc1ncccc1Nc1cc2c(cn1)n(C)c(=O)n2C1CCCC1. The summed E-state index contributed by atoms with van der Waals surface area (Å²) in [5.74, 6) is 0.732. The van der Waals surface area contributed by atoms with Gasteiger partial charge in [-0.2, -0.15) is 0 Å². The number of nitrogens with zero attached hydrogens (tertiary/aromatic N) is 4. The summed E-state index contributed by atoms with van der Waals surface area (Å²) in [6.45, 7) is 1.96. The molecule has 1 aliphatic rings. The highest BCUT2D eigenvalue weighted by molar-refractivity contribution is 5.79. The lowest BCUT2D eigenvalue weighted by molar-refractivity contribution is 0.509. The normalized spacial score (nSPS) is 15.2. The zero-order chi connectivity index (χ0) is 16.7. The number of aromatic nitrogens is 4. The molecule has 0 saturated heterocycles. The van der Waals surface area contributed by atoms with Gasteiger partial charge in [-0.3, -0.25) is 14.1 Å².